The van der Waals surface area contributed by atoms with Crippen molar-refractivity contribution < 1.29 is 23.8 Å². The van der Waals surface area contributed by atoms with Crippen LogP contribution in [0.3, 0.4) is 0 Å². The number of amides is 3. The van der Waals surface area contributed by atoms with Crippen molar-refractivity contribution in [2.75, 3.05) is 38.4 Å². The number of likely N-dealkylation sites (tertiary alicyclic amines) is 1. The van der Waals surface area contributed by atoms with Crippen molar-refractivity contribution in [2.24, 2.45) is 0 Å². The number of hydrogen-bond acceptors (Lipinski definition) is 6. The second-order valence-corrected chi connectivity index (χ2v) is 7.83. The topological polar surface area (TPSA) is 80.3 Å². The summed E-state index contributed by atoms with van der Waals surface area (Å²) in [6, 6.07) is 12.3. The van der Waals surface area contributed by atoms with Gasteiger partial charge in [0, 0.05) is 19.0 Å². The standard InChI is InChI=1S/C22H23N3O5/c1-3-28-16-7-5-15(6-8-16)25-20(26)22(23-21(25)27)12-24(2)11-17(22)14-4-9-18-19(10-14)30-13-29-18/h4-10,17H,3,11-13H2,1-2H3,(H,23,27)/t17-,22-/m0/s1. The van der Waals surface area contributed by atoms with Crippen LogP contribution in [-0.4, -0.2) is 55.9 Å². The Morgan fingerprint density at radius 3 is 2.67 bits per heavy atom. The normalized spacial score (nSPS) is 25.3. The molecule has 3 aliphatic rings. The molecule has 2 aromatic rings. The number of rotatable bonds is 4. The fourth-order valence-corrected chi connectivity index (χ4v) is 4.62. The zero-order chi connectivity index (χ0) is 20.9. The Balaban J connectivity index is 1.49. The third-order valence-corrected chi connectivity index (χ3v) is 5.93. The fraction of sp³-hybridized carbons (Fsp3) is 0.364. The van der Waals surface area contributed by atoms with Crippen LogP contribution in [0.15, 0.2) is 42.5 Å². The first-order chi connectivity index (χ1) is 14.5. The number of likely N-dealkylation sites (N-methyl/N-ethyl adjacent to an activating group) is 1. The summed E-state index contributed by atoms with van der Waals surface area (Å²) in [7, 11) is 1.95. The van der Waals surface area contributed by atoms with Gasteiger partial charge in [-0.3, -0.25) is 4.79 Å². The minimum atomic E-state index is -1.03. The SMILES string of the molecule is CCOc1ccc(N2C(=O)N[C@]3(CN(C)C[C@H]3c3ccc4c(c3)OCO4)C2=O)cc1. The molecule has 3 aliphatic heterocycles. The van der Waals surface area contributed by atoms with Crippen molar-refractivity contribution in [1.29, 1.82) is 0 Å². The van der Waals surface area contributed by atoms with Crippen LogP contribution in [0.5, 0.6) is 17.2 Å². The lowest BCUT2D eigenvalue weighted by atomic mass is 9.81. The predicted octanol–water partition coefficient (Wildman–Crippen LogP) is 2.34. The zero-order valence-corrected chi connectivity index (χ0v) is 16.9. The molecule has 2 fully saturated rings. The lowest BCUT2D eigenvalue weighted by Gasteiger charge is -2.28. The van der Waals surface area contributed by atoms with Gasteiger partial charge in [0.2, 0.25) is 6.79 Å². The van der Waals surface area contributed by atoms with Crippen LogP contribution in [0.1, 0.15) is 18.4 Å². The van der Waals surface area contributed by atoms with Crippen LogP contribution < -0.4 is 24.4 Å². The molecule has 1 N–H and O–H groups in total. The average molecular weight is 409 g/mol. The highest BCUT2D eigenvalue weighted by Gasteiger charge is 2.60. The van der Waals surface area contributed by atoms with Gasteiger partial charge in [0.25, 0.3) is 5.91 Å². The monoisotopic (exact) mass is 409 g/mol. The molecule has 3 amide bonds. The van der Waals surface area contributed by atoms with Gasteiger partial charge in [-0.2, -0.15) is 0 Å². The minimum Gasteiger partial charge on any atom is -0.494 e. The Labute approximate surface area is 174 Å². The molecule has 156 valence electrons. The number of urea groups is 1. The number of nitrogens with one attached hydrogen (secondary N) is 1. The number of imide groups is 1. The number of fused-ring (bicyclic) bond motifs is 1. The first kappa shape index (κ1) is 18.7. The summed E-state index contributed by atoms with van der Waals surface area (Å²) in [5.41, 5.74) is 0.431. The Morgan fingerprint density at radius 1 is 1.13 bits per heavy atom. The number of nitrogens with zero attached hydrogens (tertiary/aromatic N) is 2. The van der Waals surface area contributed by atoms with Crippen LogP contribution in [0, 0.1) is 0 Å². The number of carbonyl (C=O) groups excluding carboxylic acids is 2. The number of hydrogen-bond donors (Lipinski definition) is 1. The lowest BCUT2D eigenvalue weighted by Crippen LogP contribution is -2.52. The van der Waals surface area contributed by atoms with Crippen LogP contribution in [0.25, 0.3) is 0 Å². The van der Waals surface area contributed by atoms with E-state index in [0.717, 1.165) is 5.56 Å². The number of benzene rings is 2. The van der Waals surface area contributed by atoms with Crippen molar-refractivity contribution >= 4 is 17.6 Å². The van der Waals surface area contributed by atoms with Crippen LogP contribution in [-0.2, 0) is 4.79 Å². The largest absolute Gasteiger partial charge is 0.494 e. The third-order valence-electron chi connectivity index (χ3n) is 5.93. The molecule has 8 nitrogen and oxygen atoms in total. The third kappa shape index (κ3) is 2.79. The van der Waals surface area contributed by atoms with Gasteiger partial charge in [0.1, 0.15) is 11.3 Å². The van der Waals surface area contributed by atoms with Gasteiger partial charge in [-0.05, 0) is 55.9 Å². The Morgan fingerprint density at radius 2 is 1.90 bits per heavy atom. The second kappa shape index (κ2) is 6.91. The van der Waals surface area contributed by atoms with Gasteiger partial charge in [-0.1, -0.05) is 6.07 Å². The molecule has 2 saturated heterocycles. The smallest absolute Gasteiger partial charge is 0.329 e. The van der Waals surface area contributed by atoms with Gasteiger partial charge in [-0.25, -0.2) is 9.69 Å². The van der Waals surface area contributed by atoms with E-state index in [1.807, 2.05) is 32.2 Å². The van der Waals surface area contributed by atoms with Crippen LogP contribution >= 0.6 is 0 Å². The molecule has 8 heteroatoms. The first-order valence-corrected chi connectivity index (χ1v) is 9.99. The maximum atomic E-state index is 13.6. The molecule has 3 heterocycles. The Kier molecular flexibility index (Phi) is 4.32. The van der Waals surface area contributed by atoms with Gasteiger partial charge < -0.3 is 24.4 Å². The molecule has 30 heavy (non-hydrogen) atoms. The van der Waals surface area contributed by atoms with E-state index in [1.165, 1.54) is 4.90 Å². The van der Waals surface area contributed by atoms with E-state index in [1.54, 1.807) is 24.3 Å². The summed E-state index contributed by atoms with van der Waals surface area (Å²) in [6.45, 7) is 3.72. The first-order valence-electron chi connectivity index (χ1n) is 9.99. The minimum absolute atomic E-state index is 0.190. The highest BCUT2D eigenvalue weighted by atomic mass is 16.7. The fourth-order valence-electron chi connectivity index (χ4n) is 4.62. The van der Waals surface area contributed by atoms with Gasteiger partial charge >= 0.3 is 6.03 Å². The Bertz CT molecular complexity index is 1010. The molecule has 0 aromatic heterocycles. The van der Waals surface area contributed by atoms with Crippen molar-refractivity contribution in [3.05, 3.63) is 48.0 Å². The predicted molar refractivity (Wildman–Crippen MR) is 109 cm³/mol. The molecule has 0 radical (unpaired) electrons. The average Bonchev–Trinajstić information content (AvgIpc) is 3.39. The molecule has 0 saturated carbocycles. The van der Waals surface area contributed by atoms with Gasteiger partial charge in [0.15, 0.2) is 11.5 Å². The molecule has 0 aliphatic carbocycles. The highest BCUT2D eigenvalue weighted by Crippen LogP contribution is 2.44. The van der Waals surface area contributed by atoms with Crippen molar-refractivity contribution in [3.63, 3.8) is 0 Å². The van der Waals surface area contributed by atoms with Crippen molar-refractivity contribution in [2.45, 2.75) is 18.4 Å². The molecular formula is C22H23N3O5. The van der Waals surface area contributed by atoms with Crippen LogP contribution in [0.4, 0.5) is 10.5 Å². The lowest BCUT2D eigenvalue weighted by molar-refractivity contribution is -0.122. The van der Waals surface area contributed by atoms with E-state index in [-0.39, 0.29) is 18.6 Å². The van der Waals surface area contributed by atoms with Gasteiger partial charge in [0.05, 0.1) is 12.3 Å². The van der Waals surface area contributed by atoms with E-state index in [0.29, 0.717) is 42.6 Å². The Hall–Kier alpha value is -3.26. The maximum Gasteiger partial charge on any atom is 0.329 e. The highest BCUT2D eigenvalue weighted by molar-refractivity contribution is 6.24. The summed E-state index contributed by atoms with van der Waals surface area (Å²) in [4.78, 5) is 29.9. The summed E-state index contributed by atoms with van der Waals surface area (Å²) >= 11 is 0. The molecule has 0 unspecified atom stereocenters. The summed E-state index contributed by atoms with van der Waals surface area (Å²) in [5.74, 6) is 1.60. The second-order valence-electron chi connectivity index (χ2n) is 7.83. The molecule has 1 spiro atoms. The number of anilines is 1. The van der Waals surface area contributed by atoms with E-state index < -0.39 is 11.6 Å². The molecule has 2 atom stereocenters. The molecular weight excluding hydrogens is 386 g/mol. The van der Waals surface area contributed by atoms with Crippen molar-refractivity contribution in [3.8, 4) is 17.2 Å². The summed E-state index contributed by atoms with van der Waals surface area (Å²) in [6.07, 6.45) is 0. The van der Waals surface area contributed by atoms with Crippen molar-refractivity contribution in [1.82, 2.24) is 10.2 Å². The van der Waals surface area contributed by atoms with E-state index in [9.17, 15) is 9.59 Å². The molecule has 2 aromatic carbocycles. The molecule has 5 rings (SSSR count). The number of carbonyl (C=O) groups is 2. The van der Waals surface area contributed by atoms with Gasteiger partial charge in [-0.15, -0.1) is 0 Å². The quantitative estimate of drug-likeness (QED) is 0.781. The summed E-state index contributed by atoms with van der Waals surface area (Å²) in [5, 5.41) is 3.01. The number of ether oxygens (including phenoxy) is 3. The maximum absolute atomic E-state index is 13.6. The van der Waals surface area contributed by atoms with Crippen LogP contribution in [0.2, 0.25) is 0 Å². The summed E-state index contributed by atoms with van der Waals surface area (Å²) < 4.78 is 16.4. The zero-order valence-electron chi connectivity index (χ0n) is 16.9. The molecule has 0 bridgehead atoms. The van der Waals surface area contributed by atoms with E-state index in [4.69, 9.17) is 14.2 Å². The van der Waals surface area contributed by atoms with E-state index >= 15 is 0 Å². The van der Waals surface area contributed by atoms with E-state index in [2.05, 4.69) is 10.2 Å².